The van der Waals surface area contributed by atoms with Crippen LogP contribution >= 0.6 is 11.6 Å². The summed E-state index contributed by atoms with van der Waals surface area (Å²) < 4.78 is 13.3. The number of amides is 2. The second-order valence-electron chi connectivity index (χ2n) is 8.29. The molecule has 5 nitrogen and oxygen atoms in total. The summed E-state index contributed by atoms with van der Waals surface area (Å²) in [5, 5.41) is 3.03. The summed E-state index contributed by atoms with van der Waals surface area (Å²) in [5.41, 5.74) is 1.66. The van der Waals surface area contributed by atoms with Crippen molar-refractivity contribution in [2.45, 2.75) is 32.1 Å². The summed E-state index contributed by atoms with van der Waals surface area (Å²) in [7, 11) is 0. The highest BCUT2D eigenvalue weighted by Crippen LogP contribution is 2.59. The Bertz CT molecular complexity index is 929. The van der Waals surface area contributed by atoms with Gasteiger partial charge in [0.25, 0.3) is 5.91 Å². The van der Waals surface area contributed by atoms with E-state index in [0.29, 0.717) is 25.2 Å². The summed E-state index contributed by atoms with van der Waals surface area (Å²) in [6.07, 6.45) is 7.92. The average molecular weight is 430 g/mol. The molecular formula is C23H25ClFN3O2. The van der Waals surface area contributed by atoms with Gasteiger partial charge in [0, 0.05) is 43.5 Å². The molecule has 0 radical (unpaired) electrons. The molecule has 158 valence electrons. The lowest BCUT2D eigenvalue weighted by atomic mass is 9.90. The third-order valence-corrected chi connectivity index (χ3v) is 6.70. The van der Waals surface area contributed by atoms with E-state index in [0.717, 1.165) is 32.1 Å². The standard InChI is InChI=1S/C23H25ClFN3O2/c24-19-14-17(3-4-20(19)25)22(30)28-12-7-23(8-13-28)15-18(23)21(29)27-9-1-2-16-5-10-26-11-6-16/h3-6,10-11,14,18H,1-2,7-9,12-13,15H2,(H,27,29)/t18-/m0/s1. The van der Waals surface area contributed by atoms with Crippen molar-refractivity contribution in [3.63, 3.8) is 0 Å². The summed E-state index contributed by atoms with van der Waals surface area (Å²) in [5.74, 6) is -0.478. The number of carbonyl (C=O) groups is 2. The predicted octanol–water partition coefficient (Wildman–Crippen LogP) is 3.87. The van der Waals surface area contributed by atoms with Gasteiger partial charge in [-0.3, -0.25) is 14.6 Å². The predicted molar refractivity (Wildman–Crippen MR) is 113 cm³/mol. The van der Waals surface area contributed by atoms with Crippen molar-refractivity contribution in [3.8, 4) is 0 Å². The van der Waals surface area contributed by atoms with Gasteiger partial charge in [0.1, 0.15) is 5.82 Å². The third kappa shape index (κ3) is 4.48. The van der Waals surface area contributed by atoms with Gasteiger partial charge >= 0.3 is 0 Å². The molecule has 1 aliphatic carbocycles. The van der Waals surface area contributed by atoms with Gasteiger partial charge in [-0.25, -0.2) is 4.39 Å². The van der Waals surface area contributed by atoms with E-state index in [2.05, 4.69) is 10.3 Å². The number of pyridine rings is 1. The molecule has 2 heterocycles. The topological polar surface area (TPSA) is 62.3 Å². The normalized spacial score (nSPS) is 19.5. The number of rotatable bonds is 6. The van der Waals surface area contributed by atoms with E-state index in [1.165, 1.54) is 23.8 Å². The van der Waals surface area contributed by atoms with Crippen LogP contribution in [0, 0.1) is 17.2 Å². The Morgan fingerprint density at radius 1 is 1.20 bits per heavy atom. The quantitative estimate of drug-likeness (QED) is 0.709. The zero-order valence-corrected chi connectivity index (χ0v) is 17.5. The van der Waals surface area contributed by atoms with Gasteiger partial charge in [0.2, 0.25) is 5.91 Å². The maximum absolute atomic E-state index is 13.3. The van der Waals surface area contributed by atoms with Crippen molar-refractivity contribution in [1.29, 1.82) is 0 Å². The van der Waals surface area contributed by atoms with Crippen molar-refractivity contribution in [2.75, 3.05) is 19.6 Å². The van der Waals surface area contributed by atoms with E-state index in [1.54, 1.807) is 17.3 Å². The molecule has 2 fully saturated rings. The lowest BCUT2D eigenvalue weighted by molar-refractivity contribution is -0.123. The summed E-state index contributed by atoms with van der Waals surface area (Å²) in [4.78, 5) is 31.0. The van der Waals surface area contributed by atoms with Crippen LogP contribution in [0.25, 0.3) is 0 Å². The van der Waals surface area contributed by atoms with Crippen LogP contribution in [-0.2, 0) is 11.2 Å². The minimum absolute atomic E-state index is 0.0341. The maximum atomic E-state index is 13.3. The summed E-state index contributed by atoms with van der Waals surface area (Å²) in [6, 6.07) is 8.05. The Kier molecular flexibility index (Phi) is 6.04. The fraction of sp³-hybridized carbons (Fsp3) is 0.435. The van der Waals surface area contributed by atoms with Gasteiger partial charge in [-0.1, -0.05) is 11.6 Å². The highest BCUT2D eigenvalue weighted by Gasteiger charge is 2.58. The SMILES string of the molecule is O=C(NCCCc1ccncc1)[C@@H]1CC12CCN(C(=O)c1ccc(F)c(Cl)c1)CC2. The number of aryl methyl sites for hydroxylation is 1. The average Bonchev–Trinajstić information content (AvgIpc) is 3.47. The van der Waals surface area contributed by atoms with E-state index in [-0.39, 0.29) is 28.2 Å². The van der Waals surface area contributed by atoms with Crippen LogP contribution in [0.5, 0.6) is 0 Å². The zero-order valence-electron chi connectivity index (χ0n) is 16.7. The van der Waals surface area contributed by atoms with E-state index in [4.69, 9.17) is 11.6 Å². The van der Waals surface area contributed by atoms with E-state index in [9.17, 15) is 14.0 Å². The number of benzene rings is 1. The fourth-order valence-corrected chi connectivity index (χ4v) is 4.60. The highest BCUT2D eigenvalue weighted by atomic mass is 35.5. The van der Waals surface area contributed by atoms with E-state index in [1.807, 2.05) is 12.1 Å². The highest BCUT2D eigenvalue weighted by molar-refractivity contribution is 6.31. The minimum atomic E-state index is -0.529. The van der Waals surface area contributed by atoms with Gasteiger partial charge in [-0.15, -0.1) is 0 Å². The molecule has 0 unspecified atom stereocenters. The number of piperidine rings is 1. The zero-order chi connectivity index (χ0) is 21.1. The Balaban J connectivity index is 1.22. The first-order valence-electron chi connectivity index (χ1n) is 10.4. The van der Waals surface area contributed by atoms with Crippen LogP contribution < -0.4 is 5.32 Å². The molecule has 1 aromatic carbocycles. The lowest BCUT2D eigenvalue weighted by Crippen LogP contribution is -2.40. The molecule has 1 atom stereocenters. The lowest BCUT2D eigenvalue weighted by Gasteiger charge is -2.33. The maximum Gasteiger partial charge on any atom is 0.253 e. The van der Waals surface area contributed by atoms with Crippen LogP contribution in [-0.4, -0.2) is 41.3 Å². The molecule has 2 aromatic rings. The van der Waals surface area contributed by atoms with Gasteiger partial charge < -0.3 is 10.2 Å². The van der Waals surface area contributed by atoms with Crippen molar-refractivity contribution in [2.24, 2.45) is 11.3 Å². The van der Waals surface area contributed by atoms with Crippen molar-refractivity contribution in [1.82, 2.24) is 15.2 Å². The Morgan fingerprint density at radius 3 is 2.63 bits per heavy atom. The largest absolute Gasteiger partial charge is 0.356 e. The number of carbonyl (C=O) groups excluding carboxylic acids is 2. The second kappa shape index (κ2) is 8.72. The Morgan fingerprint density at radius 2 is 1.93 bits per heavy atom. The number of halogens is 2. The number of likely N-dealkylation sites (tertiary alicyclic amines) is 1. The first-order chi connectivity index (χ1) is 14.5. The monoisotopic (exact) mass is 429 g/mol. The smallest absolute Gasteiger partial charge is 0.253 e. The van der Waals surface area contributed by atoms with E-state index >= 15 is 0 Å². The summed E-state index contributed by atoms with van der Waals surface area (Å²) in [6.45, 7) is 1.89. The molecule has 7 heteroatoms. The molecule has 1 aromatic heterocycles. The number of nitrogens with zero attached hydrogens (tertiary/aromatic N) is 2. The van der Waals surface area contributed by atoms with Gasteiger partial charge in [-0.05, 0) is 73.4 Å². The van der Waals surface area contributed by atoms with Crippen LogP contribution in [0.1, 0.15) is 41.6 Å². The van der Waals surface area contributed by atoms with Crippen molar-refractivity contribution < 1.29 is 14.0 Å². The molecule has 1 saturated carbocycles. The van der Waals surface area contributed by atoms with Crippen molar-refractivity contribution in [3.05, 3.63) is 64.7 Å². The molecule has 0 bridgehead atoms. The molecule has 4 rings (SSSR count). The van der Waals surface area contributed by atoms with E-state index < -0.39 is 5.82 Å². The minimum Gasteiger partial charge on any atom is -0.356 e. The first kappa shape index (κ1) is 20.8. The number of hydrogen-bond acceptors (Lipinski definition) is 3. The summed E-state index contributed by atoms with van der Waals surface area (Å²) >= 11 is 5.80. The van der Waals surface area contributed by atoms with Gasteiger partial charge in [0.15, 0.2) is 0 Å². The Labute approximate surface area is 180 Å². The number of aromatic nitrogens is 1. The molecule has 1 N–H and O–H groups in total. The van der Waals surface area contributed by atoms with Crippen LogP contribution in [0.4, 0.5) is 4.39 Å². The molecule has 30 heavy (non-hydrogen) atoms. The molecule has 1 aliphatic heterocycles. The molecule has 1 saturated heterocycles. The van der Waals surface area contributed by atoms with Crippen LogP contribution in [0.3, 0.4) is 0 Å². The Hall–Kier alpha value is -2.47. The van der Waals surface area contributed by atoms with Crippen molar-refractivity contribution >= 4 is 23.4 Å². The third-order valence-electron chi connectivity index (χ3n) is 6.41. The molecular weight excluding hydrogens is 405 g/mol. The molecule has 2 aliphatic rings. The molecule has 1 spiro atoms. The molecule has 2 amide bonds. The fourth-order valence-electron chi connectivity index (χ4n) is 4.41. The first-order valence-corrected chi connectivity index (χ1v) is 10.8. The van der Waals surface area contributed by atoms with Gasteiger partial charge in [0.05, 0.1) is 5.02 Å². The van der Waals surface area contributed by atoms with Crippen LogP contribution in [0.2, 0.25) is 5.02 Å². The number of hydrogen-bond donors (Lipinski definition) is 1. The van der Waals surface area contributed by atoms with Crippen LogP contribution in [0.15, 0.2) is 42.7 Å². The van der Waals surface area contributed by atoms with Gasteiger partial charge in [-0.2, -0.15) is 0 Å². The number of nitrogens with one attached hydrogen (secondary N) is 1. The second-order valence-corrected chi connectivity index (χ2v) is 8.70.